The number of nitrogens with zero attached hydrogens (tertiary/aromatic N) is 2. The van der Waals surface area contributed by atoms with Gasteiger partial charge in [-0.25, -0.2) is 0 Å². The van der Waals surface area contributed by atoms with Crippen molar-refractivity contribution in [2.75, 3.05) is 6.54 Å². The number of carboxylic acids is 1. The van der Waals surface area contributed by atoms with Gasteiger partial charge in [0, 0.05) is 19.8 Å². The zero-order chi connectivity index (χ0) is 11.4. The Labute approximate surface area is 88.9 Å². The van der Waals surface area contributed by atoms with Gasteiger partial charge in [-0.2, -0.15) is 5.10 Å². The SMILES string of the molecule is CCc1nn(C)cc1CC(CN)C(=O)O. The van der Waals surface area contributed by atoms with E-state index in [1.165, 1.54) is 0 Å². The summed E-state index contributed by atoms with van der Waals surface area (Å²) < 4.78 is 1.71. The maximum absolute atomic E-state index is 10.8. The van der Waals surface area contributed by atoms with Gasteiger partial charge in [0.05, 0.1) is 11.6 Å². The highest BCUT2D eigenvalue weighted by Gasteiger charge is 2.18. The van der Waals surface area contributed by atoms with E-state index in [0.29, 0.717) is 6.42 Å². The molecule has 0 fully saturated rings. The van der Waals surface area contributed by atoms with E-state index in [1.807, 2.05) is 20.2 Å². The van der Waals surface area contributed by atoms with Crippen LogP contribution in [0.3, 0.4) is 0 Å². The van der Waals surface area contributed by atoms with E-state index in [1.54, 1.807) is 4.68 Å². The fraction of sp³-hybridized carbons (Fsp3) is 0.600. The first-order chi connectivity index (χ1) is 7.08. The lowest BCUT2D eigenvalue weighted by Crippen LogP contribution is -2.25. The van der Waals surface area contributed by atoms with Crippen LogP contribution in [-0.4, -0.2) is 27.4 Å². The number of aryl methyl sites for hydroxylation is 2. The third-order valence-electron chi connectivity index (χ3n) is 2.43. The molecule has 1 unspecified atom stereocenters. The van der Waals surface area contributed by atoms with E-state index in [-0.39, 0.29) is 6.54 Å². The second-order valence-corrected chi connectivity index (χ2v) is 3.60. The molecule has 1 atom stereocenters. The zero-order valence-electron chi connectivity index (χ0n) is 9.10. The van der Waals surface area contributed by atoms with Crippen LogP contribution in [0.1, 0.15) is 18.2 Å². The molecule has 5 nitrogen and oxygen atoms in total. The van der Waals surface area contributed by atoms with Crippen molar-refractivity contribution >= 4 is 5.97 Å². The van der Waals surface area contributed by atoms with Crippen LogP contribution in [0.5, 0.6) is 0 Å². The van der Waals surface area contributed by atoms with Gasteiger partial charge in [0.25, 0.3) is 0 Å². The molecular formula is C10H17N3O2. The summed E-state index contributed by atoms with van der Waals surface area (Å²) in [6, 6.07) is 0. The lowest BCUT2D eigenvalue weighted by atomic mass is 9.99. The van der Waals surface area contributed by atoms with E-state index in [0.717, 1.165) is 17.7 Å². The maximum atomic E-state index is 10.8. The number of carboxylic acid groups (broad SMARTS) is 1. The minimum atomic E-state index is -0.844. The summed E-state index contributed by atoms with van der Waals surface area (Å²) in [5, 5.41) is 13.2. The second kappa shape index (κ2) is 4.93. The monoisotopic (exact) mass is 211 g/mol. The van der Waals surface area contributed by atoms with Crippen molar-refractivity contribution < 1.29 is 9.90 Å². The largest absolute Gasteiger partial charge is 0.481 e. The van der Waals surface area contributed by atoms with Crippen molar-refractivity contribution in [1.29, 1.82) is 0 Å². The van der Waals surface area contributed by atoms with Crippen molar-refractivity contribution in [1.82, 2.24) is 9.78 Å². The highest BCUT2D eigenvalue weighted by atomic mass is 16.4. The Balaban J connectivity index is 2.82. The third kappa shape index (κ3) is 2.79. The summed E-state index contributed by atoms with van der Waals surface area (Å²) >= 11 is 0. The van der Waals surface area contributed by atoms with Gasteiger partial charge in [0.1, 0.15) is 0 Å². The average molecular weight is 211 g/mol. The molecule has 0 amide bonds. The molecule has 0 aliphatic carbocycles. The van der Waals surface area contributed by atoms with Crippen LogP contribution in [0.15, 0.2) is 6.20 Å². The minimum absolute atomic E-state index is 0.160. The molecule has 84 valence electrons. The summed E-state index contributed by atoms with van der Waals surface area (Å²) in [7, 11) is 1.83. The Kier molecular flexibility index (Phi) is 3.85. The van der Waals surface area contributed by atoms with Crippen molar-refractivity contribution in [3.63, 3.8) is 0 Å². The van der Waals surface area contributed by atoms with Crippen LogP contribution < -0.4 is 5.73 Å². The van der Waals surface area contributed by atoms with E-state index < -0.39 is 11.9 Å². The Morgan fingerprint density at radius 2 is 2.40 bits per heavy atom. The maximum Gasteiger partial charge on any atom is 0.308 e. The van der Waals surface area contributed by atoms with Crippen molar-refractivity contribution in [2.45, 2.75) is 19.8 Å². The smallest absolute Gasteiger partial charge is 0.308 e. The summed E-state index contributed by atoms with van der Waals surface area (Å²) in [5.41, 5.74) is 7.35. The van der Waals surface area contributed by atoms with Crippen molar-refractivity contribution in [3.8, 4) is 0 Å². The zero-order valence-corrected chi connectivity index (χ0v) is 9.10. The van der Waals surface area contributed by atoms with E-state index >= 15 is 0 Å². The van der Waals surface area contributed by atoms with E-state index in [2.05, 4.69) is 5.10 Å². The van der Waals surface area contributed by atoms with Crippen LogP contribution in [0.4, 0.5) is 0 Å². The number of hydrogen-bond acceptors (Lipinski definition) is 3. The number of hydrogen-bond donors (Lipinski definition) is 2. The van der Waals surface area contributed by atoms with Gasteiger partial charge < -0.3 is 10.8 Å². The summed E-state index contributed by atoms with van der Waals surface area (Å²) in [6.45, 7) is 2.16. The van der Waals surface area contributed by atoms with Crippen LogP contribution in [0.2, 0.25) is 0 Å². The van der Waals surface area contributed by atoms with Gasteiger partial charge in [-0.05, 0) is 18.4 Å². The van der Waals surface area contributed by atoms with Gasteiger partial charge in [-0.3, -0.25) is 9.48 Å². The molecule has 1 aromatic heterocycles. The molecule has 3 N–H and O–H groups in total. The van der Waals surface area contributed by atoms with Crippen molar-refractivity contribution in [2.24, 2.45) is 18.7 Å². The van der Waals surface area contributed by atoms with E-state index in [9.17, 15) is 4.79 Å². The second-order valence-electron chi connectivity index (χ2n) is 3.60. The number of rotatable bonds is 5. The average Bonchev–Trinajstić information content (AvgIpc) is 2.54. The van der Waals surface area contributed by atoms with Crippen LogP contribution in [-0.2, 0) is 24.7 Å². The van der Waals surface area contributed by atoms with Gasteiger partial charge in [-0.15, -0.1) is 0 Å². The molecule has 15 heavy (non-hydrogen) atoms. The Hall–Kier alpha value is -1.36. The molecule has 0 spiro atoms. The Morgan fingerprint density at radius 3 is 2.87 bits per heavy atom. The van der Waals surface area contributed by atoms with Gasteiger partial charge >= 0.3 is 5.97 Å². The molecule has 1 aromatic rings. The first-order valence-electron chi connectivity index (χ1n) is 5.02. The Bertz CT molecular complexity index is 346. The third-order valence-corrected chi connectivity index (χ3v) is 2.43. The normalized spacial score (nSPS) is 12.7. The highest BCUT2D eigenvalue weighted by molar-refractivity contribution is 5.70. The van der Waals surface area contributed by atoms with Crippen LogP contribution >= 0.6 is 0 Å². The fourth-order valence-electron chi connectivity index (χ4n) is 1.59. The summed E-state index contributed by atoms with van der Waals surface area (Å²) in [5.74, 6) is -1.36. The lowest BCUT2D eigenvalue weighted by molar-refractivity contribution is -0.141. The van der Waals surface area contributed by atoms with Crippen LogP contribution in [0.25, 0.3) is 0 Å². The first kappa shape index (κ1) is 11.7. The number of aliphatic carboxylic acids is 1. The molecule has 0 aromatic carbocycles. The van der Waals surface area contributed by atoms with Gasteiger partial charge in [0.15, 0.2) is 0 Å². The topological polar surface area (TPSA) is 81.1 Å². The fourth-order valence-corrected chi connectivity index (χ4v) is 1.59. The molecule has 1 rings (SSSR count). The number of aromatic nitrogens is 2. The summed E-state index contributed by atoms with van der Waals surface area (Å²) in [6.07, 6.45) is 3.14. The van der Waals surface area contributed by atoms with Crippen molar-refractivity contribution in [3.05, 3.63) is 17.5 Å². The molecule has 0 aliphatic heterocycles. The standard InChI is InChI=1S/C10H17N3O2/c1-3-9-8(6-13(2)12-9)4-7(5-11)10(14)15/h6-7H,3-5,11H2,1-2H3,(H,14,15). The van der Waals surface area contributed by atoms with Gasteiger partial charge in [0.2, 0.25) is 0 Å². The number of nitrogens with two attached hydrogens (primary N) is 1. The minimum Gasteiger partial charge on any atom is -0.481 e. The molecule has 0 bridgehead atoms. The molecule has 0 saturated carbocycles. The quantitative estimate of drug-likeness (QED) is 0.728. The van der Waals surface area contributed by atoms with Crippen LogP contribution in [0, 0.1) is 5.92 Å². The predicted molar refractivity (Wildman–Crippen MR) is 56.5 cm³/mol. The molecule has 1 heterocycles. The molecule has 0 aliphatic rings. The molecule has 0 saturated heterocycles. The molecule has 5 heteroatoms. The van der Waals surface area contributed by atoms with Gasteiger partial charge in [-0.1, -0.05) is 6.92 Å². The lowest BCUT2D eigenvalue weighted by Gasteiger charge is -2.08. The molecular weight excluding hydrogens is 194 g/mol. The summed E-state index contributed by atoms with van der Waals surface area (Å²) in [4.78, 5) is 10.8. The van der Waals surface area contributed by atoms with E-state index in [4.69, 9.17) is 10.8 Å². The predicted octanol–water partition coefficient (Wildman–Crippen LogP) is 0.184. The highest BCUT2D eigenvalue weighted by Crippen LogP contribution is 2.13. The Morgan fingerprint density at radius 1 is 1.73 bits per heavy atom. The molecule has 0 radical (unpaired) electrons. The first-order valence-corrected chi connectivity index (χ1v) is 5.02. The number of carbonyl (C=O) groups is 1.